The second kappa shape index (κ2) is 16.4. The molecule has 0 aromatic heterocycles. The maximum absolute atomic E-state index is 13.9. The smallest absolute Gasteiger partial charge is 0.272 e. The van der Waals surface area contributed by atoms with Gasteiger partial charge in [0.15, 0.2) is 0 Å². The Bertz CT molecular complexity index is 2200. The Labute approximate surface area is 300 Å². The quantitative estimate of drug-likeness (QED) is 0.0875. The molecule has 0 aliphatic heterocycles. The highest BCUT2D eigenvalue weighted by molar-refractivity contribution is 8.00. The summed E-state index contributed by atoms with van der Waals surface area (Å²) in [7, 11) is 3.07. The van der Waals surface area contributed by atoms with Crippen LogP contribution in [0, 0.1) is 0 Å². The minimum absolute atomic E-state index is 0.00186. The second-order valence-electron chi connectivity index (χ2n) is 11.4. The van der Waals surface area contributed by atoms with Gasteiger partial charge in [-0.2, -0.15) is 0 Å². The second-order valence-corrected chi connectivity index (χ2v) is 12.6. The van der Waals surface area contributed by atoms with Crippen molar-refractivity contribution in [2.75, 3.05) is 24.9 Å². The third-order valence-corrected chi connectivity index (χ3v) is 9.25. The van der Waals surface area contributed by atoms with Gasteiger partial charge in [0.25, 0.3) is 11.8 Å². The third-order valence-electron chi connectivity index (χ3n) is 8.00. The molecule has 9 heteroatoms. The molecule has 8 nitrogen and oxygen atoms in total. The highest BCUT2D eigenvalue weighted by Gasteiger charge is 2.23. The van der Waals surface area contributed by atoms with Crippen molar-refractivity contribution < 1.29 is 23.9 Å². The highest BCUT2D eigenvalue weighted by atomic mass is 32.2. The summed E-state index contributed by atoms with van der Waals surface area (Å²) in [4.78, 5) is 41.7. The van der Waals surface area contributed by atoms with Crippen molar-refractivity contribution in [3.8, 4) is 11.5 Å². The molecule has 6 aromatic carbocycles. The van der Waals surface area contributed by atoms with Crippen LogP contribution in [-0.2, 0) is 9.59 Å². The number of carbonyl (C=O) groups excluding carboxylic acids is 3. The van der Waals surface area contributed by atoms with E-state index in [0.717, 1.165) is 26.9 Å². The molecule has 51 heavy (non-hydrogen) atoms. The number of benzene rings is 6. The number of fused-ring (bicyclic) bond motifs is 1. The first-order valence-corrected chi connectivity index (χ1v) is 17.0. The van der Waals surface area contributed by atoms with E-state index in [1.54, 1.807) is 73.8 Å². The van der Waals surface area contributed by atoms with Crippen molar-refractivity contribution in [1.29, 1.82) is 0 Å². The SMILES string of the molecule is COc1ccc(/C=C(/NC(=O)c2ccccc2)C(=O)Nc2cccc(SC(C(=O)Nc3cccc4ccccc34)c3ccccc3)c2)c(OC)c1. The van der Waals surface area contributed by atoms with Gasteiger partial charge in [-0.15, -0.1) is 11.8 Å². The first-order chi connectivity index (χ1) is 24.9. The fourth-order valence-corrected chi connectivity index (χ4v) is 6.53. The van der Waals surface area contributed by atoms with E-state index in [9.17, 15) is 14.4 Å². The van der Waals surface area contributed by atoms with Crippen LogP contribution in [0.15, 0.2) is 156 Å². The molecule has 0 heterocycles. The van der Waals surface area contributed by atoms with E-state index < -0.39 is 17.1 Å². The van der Waals surface area contributed by atoms with Gasteiger partial charge in [0, 0.05) is 38.8 Å². The molecule has 254 valence electrons. The van der Waals surface area contributed by atoms with Gasteiger partial charge in [0.05, 0.1) is 14.2 Å². The Balaban J connectivity index is 1.26. The van der Waals surface area contributed by atoms with Crippen LogP contribution in [0.25, 0.3) is 16.8 Å². The van der Waals surface area contributed by atoms with E-state index in [1.807, 2.05) is 84.9 Å². The topological polar surface area (TPSA) is 106 Å². The molecule has 0 fully saturated rings. The van der Waals surface area contributed by atoms with Crippen molar-refractivity contribution in [3.63, 3.8) is 0 Å². The number of carbonyl (C=O) groups is 3. The lowest BCUT2D eigenvalue weighted by molar-refractivity contribution is -0.116. The zero-order chi connectivity index (χ0) is 35.6. The number of hydrogen-bond donors (Lipinski definition) is 3. The van der Waals surface area contributed by atoms with Crippen LogP contribution in [0.2, 0.25) is 0 Å². The van der Waals surface area contributed by atoms with E-state index in [4.69, 9.17) is 9.47 Å². The highest BCUT2D eigenvalue weighted by Crippen LogP contribution is 2.38. The molecule has 0 aliphatic carbocycles. The summed E-state index contributed by atoms with van der Waals surface area (Å²) in [5, 5.41) is 10.2. The van der Waals surface area contributed by atoms with E-state index in [2.05, 4.69) is 16.0 Å². The van der Waals surface area contributed by atoms with Crippen LogP contribution >= 0.6 is 11.8 Å². The molecule has 6 aromatic rings. The molecule has 3 amide bonds. The molecule has 0 radical (unpaired) electrons. The minimum atomic E-state index is -0.598. The number of methoxy groups -OCH3 is 2. The van der Waals surface area contributed by atoms with Gasteiger partial charge >= 0.3 is 0 Å². The van der Waals surface area contributed by atoms with Gasteiger partial charge in [-0.25, -0.2) is 0 Å². The number of thioether (sulfide) groups is 1. The summed E-state index contributed by atoms with van der Waals surface area (Å²) in [6, 6.07) is 44.3. The van der Waals surface area contributed by atoms with E-state index in [0.29, 0.717) is 28.3 Å². The van der Waals surface area contributed by atoms with Gasteiger partial charge in [0.2, 0.25) is 5.91 Å². The molecule has 1 atom stereocenters. The van der Waals surface area contributed by atoms with E-state index in [-0.39, 0.29) is 11.6 Å². The fraction of sp³-hybridized carbons (Fsp3) is 0.0714. The Morgan fingerprint density at radius 1 is 0.686 bits per heavy atom. The lowest BCUT2D eigenvalue weighted by atomic mass is 10.1. The predicted octanol–water partition coefficient (Wildman–Crippen LogP) is 8.74. The Kier molecular flexibility index (Phi) is 11.1. The molecule has 6 rings (SSSR count). The molecule has 0 saturated carbocycles. The van der Waals surface area contributed by atoms with Gasteiger partial charge in [-0.05, 0) is 65.6 Å². The maximum atomic E-state index is 13.9. The third kappa shape index (κ3) is 8.65. The fourth-order valence-electron chi connectivity index (χ4n) is 5.45. The zero-order valence-corrected chi connectivity index (χ0v) is 28.8. The molecule has 0 saturated heterocycles. The normalized spacial score (nSPS) is 11.7. The van der Waals surface area contributed by atoms with Crippen LogP contribution < -0.4 is 25.4 Å². The molecular weight excluding hydrogens is 659 g/mol. The average Bonchev–Trinajstić information content (AvgIpc) is 3.17. The average molecular weight is 694 g/mol. The van der Waals surface area contributed by atoms with Crippen LogP contribution in [0.1, 0.15) is 26.7 Å². The van der Waals surface area contributed by atoms with Gasteiger partial charge in [-0.1, -0.05) is 91.0 Å². The summed E-state index contributed by atoms with van der Waals surface area (Å²) in [6.07, 6.45) is 1.55. The first kappa shape index (κ1) is 34.5. The lowest BCUT2D eigenvalue weighted by Gasteiger charge is -2.18. The van der Waals surface area contributed by atoms with Crippen LogP contribution in [0.5, 0.6) is 11.5 Å². The number of rotatable bonds is 12. The monoisotopic (exact) mass is 693 g/mol. The molecule has 3 N–H and O–H groups in total. The minimum Gasteiger partial charge on any atom is -0.497 e. The van der Waals surface area contributed by atoms with E-state index in [1.165, 1.54) is 18.9 Å². The number of amides is 3. The molecule has 0 bridgehead atoms. The summed E-state index contributed by atoms with van der Waals surface area (Å²) in [5.41, 5.74) is 2.99. The Hall–Kier alpha value is -6.32. The van der Waals surface area contributed by atoms with Crippen molar-refractivity contribution in [3.05, 3.63) is 168 Å². The van der Waals surface area contributed by atoms with E-state index >= 15 is 0 Å². The summed E-state index contributed by atoms with van der Waals surface area (Å²) >= 11 is 1.37. The van der Waals surface area contributed by atoms with Crippen molar-refractivity contribution in [2.24, 2.45) is 0 Å². The van der Waals surface area contributed by atoms with Crippen molar-refractivity contribution >= 4 is 57.7 Å². The van der Waals surface area contributed by atoms with Crippen LogP contribution in [0.3, 0.4) is 0 Å². The number of nitrogens with one attached hydrogen (secondary N) is 3. The molecular formula is C42H35N3O5S. The zero-order valence-electron chi connectivity index (χ0n) is 28.0. The number of hydrogen-bond acceptors (Lipinski definition) is 6. The maximum Gasteiger partial charge on any atom is 0.272 e. The first-order valence-electron chi connectivity index (χ1n) is 16.1. The lowest BCUT2D eigenvalue weighted by Crippen LogP contribution is -2.30. The van der Waals surface area contributed by atoms with Crippen LogP contribution in [-0.4, -0.2) is 31.9 Å². The van der Waals surface area contributed by atoms with Crippen molar-refractivity contribution in [1.82, 2.24) is 5.32 Å². The van der Waals surface area contributed by atoms with Gasteiger partial charge < -0.3 is 25.4 Å². The number of ether oxygens (including phenoxy) is 2. The van der Waals surface area contributed by atoms with Gasteiger partial charge in [-0.3, -0.25) is 14.4 Å². The van der Waals surface area contributed by atoms with Gasteiger partial charge in [0.1, 0.15) is 22.4 Å². The molecule has 1 unspecified atom stereocenters. The molecule has 0 aliphatic rings. The largest absolute Gasteiger partial charge is 0.497 e. The Morgan fingerprint density at radius 2 is 1.39 bits per heavy atom. The predicted molar refractivity (Wildman–Crippen MR) is 204 cm³/mol. The standard InChI is InChI=1S/C42H35N3O5S/c1-49-33-24-23-31(38(27-33)50-2)25-37(45-40(46)30-16-7-4-8-17-30)41(47)43-32-19-12-20-34(26-32)51-39(29-14-5-3-6-15-29)42(48)44-36-22-11-18-28-13-9-10-21-35(28)36/h3-27,39H,1-2H3,(H,43,47)(H,44,48)(H,45,46)/b37-25+. The summed E-state index contributed by atoms with van der Waals surface area (Å²) in [6.45, 7) is 0. The van der Waals surface area contributed by atoms with Crippen molar-refractivity contribution in [2.45, 2.75) is 10.1 Å². The summed E-state index contributed by atoms with van der Waals surface area (Å²) in [5.74, 6) is -0.137. The summed E-state index contributed by atoms with van der Waals surface area (Å²) < 4.78 is 10.9. The Morgan fingerprint density at radius 3 is 2.16 bits per heavy atom. The van der Waals surface area contributed by atoms with Crippen LogP contribution in [0.4, 0.5) is 11.4 Å². The number of anilines is 2. The molecule has 0 spiro atoms.